The van der Waals surface area contributed by atoms with Crippen LogP contribution in [0.3, 0.4) is 0 Å². The van der Waals surface area contributed by atoms with Crippen molar-refractivity contribution in [2.45, 2.75) is 31.2 Å². The van der Waals surface area contributed by atoms with Crippen LogP contribution in [0.2, 0.25) is 5.02 Å². The third kappa shape index (κ3) is 2.09. The molecule has 0 radical (unpaired) electrons. The maximum atomic E-state index is 11.1. The zero-order valence-electron chi connectivity index (χ0n) is 11.3. The molecule has 1 aliphatic rings. The van der Waals surface area contributed by atoms with Crippen LogP contribution in [-0.2, 0) is 5.41 Å². The summed E-state index contributed by atoms with van der Waals surface area (Å²) < 4.78 is 10.7. The summed E-state index contributed by atoms with van der Waals surface area (Å²) >= 11 is 6.34. The van der Waals surface area contributed by atoms with E-state index >= 15 is 0 Å². The summed E-state index contributed by atoms with van der Waals surface area (Å²) in [7, 11) is 3.05. The lowest BCUT2D eigenvalue weighted by molar-refractivity contribution is 0.112. The van der Waals surface area contributed by atoms with Crippen molar-refractivity contribution in [2.75, 3.05) is 14.2 Å². The minimum absolute atomic E-state index is 0.0364. The van der Waals surface area contributed by atoms with Gasteiger partial charge in [-0.2, -0.15) is 0 Å². The number of rotatable bonds is 5. The molecule has 2 N–H and O–H groups in total. The summed E-state index contributed by atoms with van der Waals surface area (Å²) in [5.74, 6) is 0.940. The highest BCUT2D eigenvalue weighted by molar-refractivity contribution is 6.32. The second-order valence-corrected chi connectivity index (χ2v) is 5.36. The highest BCUT2D eigenvalue weighted by Crippen LogP contribution is 2.57. The molecule has 0 amide bonds. The fourth-order valence-corrected chi connectivity index (χ4v) is 3.04. The van der Waals surface area contributed by atoms with Gasteiger partial charge >= 0.3 is 0 Å². The molecule has 1 unspecified atom stereocenters. The predicted molar refractivity (Wildman–Crippen MR) is 74.5 cm³/mol. The van der Waals surface area contributed by atoms with Gasteiger partial charge in [0.25, 0.3) is 0 Å². The molecule has 0 saturated heterocycles. The predicted octanol–water partition coefficient (Wildman–Crippen LogP) is 2.55. The largest absolute Gasteiger partial charge is 0.492 e. The quantitative estimate of drug-likeness (QED) is 0.844. The van der Waals surface area contributed by atoms with Crippen LogP contribution in [0.1, 0.15) is 35.7 Å². The van der Waals surface area contributed by atoms with Gasteiger partial charge in [-0.15, -0.1) is 0 Å². The molecular formula is C14H18ClNO3. The van der Waals surface area contributed by atoms with Crippen LogP contribution in [0.5, 0.6) is 11.5 Å². The molecule has 1 atom stereocenters. The molecule has 19 heavy (non-hydrogen) atoms. The SMILES string of the molecule is COc1c(C=O)cc(Cl)c(C2(C(C)N)CC2)c1OC. The molecule has 4 nitrogen and oxygen atoms in total. The molecule has 1 aromatic carbocycles. The Balaban J connectivity index is 2.71. The number of carbonyl (C=O) groups excluding carboxylic acids is 1. The van der Waals surface area contributed by atoms with Crippen LogP contribution in [0.4, 0.5) is 0 Å². The molecule has 5 heteroatoms. The van der Waals surface area contributed by atoms with Gasteiger partial charge in [0, 0.05) is 22.0 Å². The number of halogens is 1. The second-order valence-electron chi connectivity index (χ2n) is 4.95. The summed E-state index contributed by atoms with van der Waals surface area (Å²) in [6.07, 6.45) is 2.64. The van der Waals surface area contributed by atoms with Gasteiger partial charge in [-0.25, -0.2) is 0 Å². The number of carbonyl (C=O) groups is 1. The Morgan fingerprint density at radius 3 is 2.32 bits per heavy atom. The van der Waals surface area contributed by atoms with E-state index in [1.165, 1.54) is 7.11 Å². The number of ether oxygens (including phenoxy) is 2. The smallest absolute Gasteiger partial charge is 0.171 e. The summed E-state index contributed by atoms with van der Waals surface area (Å²) in [6, 6.07) is 1.58. The van der Waals surface area contributed by atoms with Gasteiger partial charge in [-0.3, -0.25) is 4.79 Å². The summed E-state index contributed by atoms with van der Waals surface area (Å²) in [4.78, 5) is 11.1. The molecular weight excluding hydrogens is 266 g/mol. The van der Waals surface area contributed by atoms with Crippen LogP contribution in [0.15, 0.2) is 6.07 Å². The Kier molecular flexibility index (Phi) is 3.74. The molecule has 1 aromatic rings. The standard InChI is InChI=1S/C14H18ClNO3/c1-8(16)14(4-5-14)11-10(15)6-9(7-17)12(18-2)13(11)19-3/h6-8H,4-5,16H2,1-3H3. The minimum atomic E-state index is -0.170. The van der Waals surface area contributed by atoms with Gasteiger partial charge in [0.05, 0.1) is 19.8 Å². The van der Waals surface area contributed by atoms with Gasteiger partial charge in [-0.1, -0.05) is 11.6 Å². The van der Waals surface area contributed by atoms with E-state index in [0.717, 1.165) is 18.4 Å². The van der Waals surface area contributed by atoms with E-state index in [9.17, 15) is 4.79 Å². The molecule has 0 spiro atoms. The van der Waals surface area contributed by atoms with Crippen LogP contribution in [0, 0.1) is 0 Å². The number of nitrogens with two attached hydrogens (primary N) is 1. The van der Waals surface area contributed by atoms with Crippen LogP contribution in [-0.4, -0.2) is 26.5 Å². The average molecular weight is 284 g/mol. The fourth-order valence-electron chi connectivity index (χ4n) is 2.65. The zero-order valence-corrected chi connectivity index (χ0v) is 12.1. The van der Waals surface area contributed by atoms with Crippen molar-refractivity contribution in [3.05, 3.63) is 22.2 Å². The lowest BCUT2D eigenvalue weighted by atomic mass is 9.87. The number of methoxy groups -OCH3 is 2. The molecule has 1 saturated carbocycles. The first-order valence-corrected chi connectivity index (χ1v) is 6.55. The highest BCUT2D eigenvalue weighted by Gasteiger charge is 2.51. The molecule has 0 bridgehead atoms. The molecule has 104 valence electrons. The normalized spacial score (nSPS) is 17.7. The summed E-state index contributed by atoms with van der Waals surface area (Å²) in [5.41, 5.74) is 7.16. The van der Waals surface area contributed by atoms with E-state index in [1.807, 2.05) is 6.92 Å². The Morgan fingerprint density at radius 2 is 1.95 bits per heavy atom. The van der Waals surface area contributed by atoms with Crippen molar-refractivity contribution < 1.29 is 14.3 Å². The Bertz CT molecular complexity index is 510. The Hall–Kier alpha value is -1.26. The maximum Gasteiger partial charge on any atom is 0.171 e. The van der Waals surface area contributed by atoms with Gasteiger partial charge in [0.1, 0.15) is 0 Å². The van der Waals surface area contributed by atoms with Gasteiger partial charge in [-0.05, 0) is 25.8 Å². The summed E-state index contributed by atoms with van der Waals surface area (Å²) in [6.45, 7) is 1.96. The topological polar surface area (TPSA) is 61.5 Å². The van der Waals surface area contributed by atoms with Gasteiger partial charge < -0.3 is 15.2 Å². The average Bonchev–Trinajstić information content (AvgIpc) is 3.18. The Labute approximate surface area is 117 Å². The first-order chi connectivity index (χ1) is 9.01. The van der Waals surface area contributed by atoms with Gasteiger partial charge in [0.15, 0.2) is 17.8 Å². The van der Waals surface area contributed by atoms with E-state index < -0.39 is 0 Å². The number of benzene rings is 1. The fraction of sp³-hybridized carbons (Fsp3) is 0.500. The van der Waals surface area contributed by atoms with Crippen LogP contribution >= 0.6 is 11.6 Å². The van der Waals surface area contributed by atoms with Crippen LogP contribution in [0.25, 0.3) is 0 Å². The molecule has 0 aliphatic heterocycles. The molecule has 0 aromatic heterocycles. The maximum absolute atomic E-state index is 11.1. The number of hydrogen-bond donors (Lipinski definition) is 1. The number of aldehydes is 1. The van der Waals surface area contributed by atoms with E-state index in [1.54, 1.807) is 13.2 Å². The van der Waals surface area contributed by atoms with Gasteiger partial charge in [0.2, 0.25) is 0 Å². The minimum Gasteiger partial charge on any atom is -0.492 e. The first kappa shape index (κ1) is 14.2. The van der Waals surface area contributed by atoms with Crippen molar-refractivity contribution in [1.82, 2.24) is 0 Å². The molecule has 1 aliphatic carbocycles. The second kappa shape index (κ2) is 5.02. The third-order valence-corrected chi connectivity index (χ3v) is 4.21. The van der Waals surface area contributed by atoms with Crippen LogP contribution < -0.4 is 15.2 Å². The van der Waals surface area contributed by atoms with E-state index in [0.29, 0.717) is 28.4 Å². The Morgan fingerprint density at radius 1 is 1.37 bits per heavy atom. The molecule has 2 rings (SSSR count). The first-order valence-electron chi connectivity index (χ1n) is 6.17. The lowest BCUT2D eigenvalue weighted by Gasteiger charge is -2.25. The summed E-state index contributed by atoms with van der Waals surface area (Å²) in [5, 5.41) is 0.509. The van der Waals surface area contributed by atoms with E-state index in [-0.39, 0.29) is 11.5 Å². The molecule has 0 heterocycles. The van der Waals surface area contributed by atoms with Crippen molar-refractivity contribution in [3.63, 3.8) is 0 Å². The number of hydrogen-bond acceptors (Lipinski definition) is 4. The van der Waals surface area contributed by atoms with E-state index in [4.69, 9.17) is 26.8 Å². The molecule has 1 fully saturated rings. The third-order valence-electron chi connectivity index (χ3n) is 3.91. The lowest BCUT2D eigenvalue weighted by Crippen LogP contribution is -2.32. The van der Waals surface area contributed by atoms with Crippen molar-refractivity contribution >= 4 is 17.9 Å². The van der Waals surface area contributed by atoms with Crippen molar-refractivity contribution in [3.8, 4) is 11.5 Å². The zero-order chi connectivity index (χ0) is 14.2. The monoisotopic (exact) mass is 283 g/mol. The van der Waals surface area contributed by atoms with Crippen molar-refractivity contribution in [1.29, 1.82) is 0 Å². The highest BCUT2D eigenvalue weighted by atomic mass is 35.5. The van der Waals surface area contributed by atoms with E-state index in [2.05, 4.69) is 0 Å². The van der Waals surface area contributed by atoms with Crippen molar-refractivity contribution in [2.24, 2.45) is 5.73 Å².